The first-order valence-electron chi connectivity index (χ1n) is 8.00. The molecule has 2 aromatic rings. The van der Waals surface area contributed by atoms with E-state index in [2.05, 4.69) is 28.1 Å². The molecule has 31 heavy (non-hydrogen) atoms. The first kappa shape index (κ1) is 24.1. The number of phosphoric acid groups is 3. The van der Waals surface area contributed by atoms with Crippen molar-refractivity contribution in [2.75, 3.05) is 12.3 Å². The molecule has 1 aliphatic heterocycles. The lowest BCUT2D eigenvalue weighted by atomic mass is 10.2. The fraction of sp³-hybridized carbons (Fsp3) is 0.500. The van der Waals surface area contributed by atoms with E-state index in [9.17, 15) is 28.5 Å². The van der Waals surface area contributed by atoms with Crippen LogP contribution in [0.1, 0.15) is 12.6 Å². The quantitative estimate of drug-likeness (QED) is 0.204. The van der Waals surface area contributed by atoms with Crippen LogP contribution in [0.15, 0.2) is 11.1 Å². The van der Waals surface area contributed by atoms with E-state index in [0.717, 1.165) is 10.9 Å². The van der Waals surface area contributed by atoms with Crippen LogP contribution in [-0.4, -0.2) is 63.0 Å². The summed E-state index contributed by atoms with van der Waals surface area (Å²) in [5, 5.41) is 10.1. The molecule has 0 saturated carbocycles. The van der Waals surface area contributed by atoms with Gasteiger partial charge in [0, 0.05) is 6.42 Å². The van der Waals surface area contributed by atoms with E-state index in [1.165, 1.54) is 0 Å². The normalized spacial score (nSPS) is 26.0. The highest BCUT2D eigenvalue weighted by atomic mass is 31.3. The van der Waals surface area contributed by atoms with Crippen molar-refractivity contribution in [1.82, 2.24) is 19.5 Å². The molecular formula is C10H16N5O13P3. The number of nitrogens with zero attached hydrogens (tertiary/aromatic N) is 3. The maximum Gasteiger partial charge on any atom is 0.490 e. The highest BCUT2D eigenvalue weighted by Gasteiger charge is 2.43. The van der Waals surface area contributed by atoms with Crippen LogP contribution in [0.4, 0.5) is 5.82 Å². The Balaban J connectivity index is 1.69. The molecule has 0 spiro atoms. The Hall–Kier alpha value is -1.52. The van der Waals surface area contributed by atoms with E-state index in [0.29, 0.717) is 0 Å². The van der Waals surface area contributed by atoms with E-state index in [-0.39, 0.29) is 23.4 Å². The molecule has 0 radical (unpaired) electrons. The van der Waals surface area contributed by atoms with Crippen LogP contribution < -0.4 is 11.4 Å². The molecule has 5 unspecified atom stereocenters. The van der Waals surface area contributed by atoms with Crippen LogP contribution in [0.5, 0.6) is 0 Å². The monoisotopic (exact) mass is 507 g/mol. The number of imidazole rings is 1. The van der Waals surface area contributed by atoms with Gasteiger partial charge in [0.25, 0.3) is 0 Å². The molecule has 3 heterocycles. The molecule has 1 saturated heterocycles. The van der Waals surface area contributed by atoms with Gasteiger partial charge in [0.15, 0.2) is 11.5 Å². The Morgan fingerprint density at radius 1 is 1.19 bits per heavy atom. The van der Waals surface area contributed by atoms with Crippen molar-refractivity contribution >= 4 is 40.4 Å². The summed E-state index contributed by atoms with van der Waals surface area (Å²) in [5.74, 6) is -0.0106. The van der Waals surface area contributed by atoms with Crippen LogP contribution in [0.25, 0.3) is 11.2 Å². The minimum absolute atomic E-state index is 0.0106. The van der Waals surface area contributed by atoms with Crippen LogP contribution >= 0.6 is 23.5 Å². The number of fused-ring (bicyclic) bond motifs is 1. The zero-order chi connectivity index (χ0) is 23.2. The molecule has 0 aliphatic carbocycles. The lowest BCUT2D eigenvalue weighted by Gasteiger charge is -2.19. The molecule has 174 valence electrons. The average molecular weight is 507 g/mol. The van der Waals surface area contributed by atoms with Crippen molar-refractivity contribution in [3.63, 3.8) is 0 Å². The first-order valence-corrected chi connectivity index (χ1v) is 12.5. The number of H-pyrrole nitrogens is 1. The summed E-state index contributed by atoms with van der Waals surface area (Å²) in [5.41, 5.74) is 5.17. The summed E-state index contributed by atoms with van der Waals surface area (Å²) in [7, 11) is -16.6. The van der Waals surface area contributed by atoms with Gasteiger partial charge in [-0.05, 0) is 0 Å². The topological polar surface area (TPSA) is 279 Å². The molecule has 2 aromatic heterocycles. The van der Waals surface area contributed by atoms with Crippen LogP contribution in [0.3, 0.4) is 0 Å². The summed E-state index contributed by atoms with van der Waals surface area (Å²) in [6, 6.07) is 0. The number of phosphoric ester groups is 1. The van der Waals surface area contributed by atoms with Gasteiger partial charge in [-0.15, -0.1) is 0 Å². The lowest BCUT2D eigenvalue weighted by Crippen LogP contribution is -2.26. The molecule has 21 heteroatoms. The van der Waals surface area contributed by atoms with Gasteiger partial charge < -0.3 is 40.1 Å². The number of anilines is 1. The number of aromatic amines is 1. The fourth-order valence-corrected chi connectivity index (χ4v) is 5.75. The van der Waals surface area contributed by atoms with Crippen LogP contribution in [0, 0.1) is 0 Å². The summed E-state index contributed by atoms with van der Waals surface area (Å²) in [6.07, 6.45) is -2.82. The molecule has 18 nitrogen and oxygen atoms in total. The number of nitrogens with two attached hydrogens (primary N) is 1. The van der Waals surface area contributed by atoms with Gasteiger partial charge in [-0.25, -0.2) is 33.0 Å². The third-order valence-electron chi connectivity index (χ3n) is 3.85. The van der Waals surface area contributed by atoms with Crippen molar-refractivity contribution < 1.29 is 56.3 Å². The van der Waals surface area contributed by atoms with Gasteiger partial charge in [-0.1, -0.05) is 0 Å². The fourth-order valence-electron chi connectivity index (χ4n) is 2.72. The highest BCUT2D eigenvalue weighted by molar-refractivity contribution is 7.66. The smallest absolute Gasteiger partial charge is 0.390 e. The number of aromatic nitrogens is 4. The summed E-state index contributed by atoms with van der Waals surface area (Å²) < 4.78 is 51.8. The maximum absolute atomic E-state index is 12.2. The first-order chi connectivity index (χ1) is 14.2. The molecule has 1 aliphatic rings. The number of hydrogen-bond acceptors (Lipinski definition) is 12. The van der Waals surface area contributed by atoms with Gasteiger partial charge in [-0.3, -0.25) is 4.52 Å². The van der Waals surface area contributed by atoms with Gasteiger partial charge in [-0.2, -0.15) is 8.62 Å². The molecule has 5 atom stereocenters. The highest BCUT2D eigenvalue weighted by Crippen LogP contribution is 2.66. The molecular weight excluding hydrogens is 491 g/mol. The number of rotatable bonds is 8. The second-order valence-corrected chi connectivity index (χ2v) is 10.5. The number of nitrogen functional groups attached to an aromatic ring is 1. The second kappa shape index (κ2) is 8.44. The van der Waals surface area contributed by atoms with Gasteiger partial charge in [0.2, 0.25) is 0 Å². The van der Waals surface area contributed by atoms with E-state index < -0.39 is 54.2 Å². The Kier molecular flexibility index (Phi) is 6.57. The summed E-state index contributed by atoms with van der Waals surface area (Å²) >= 11 is 0. The summed E-state index contributed by atoms with van der Waals surface area (Å²) in [6.45, 7) is -0.879. The number of ether oxygens (including phenoxy) is 1. The zero-order valence-electron chi connectivity index (χ0n) is 15.0. The average Bonchev–Trinajstić information content (AvgIpc) is 3.09. The predicted molar refractivity (Wildman–Crippen MR) is 96.9 cm³/mol. The molecule has 0 aromatic carbocycles. The van der Waals surface area contributed by atoms with Crippen molar-refractivity contribution in [1.29, 1.82) is 0 Å². The molecule has 0 bridgehead atoms. The Bertz CT molecular complexity index is 1170. The second-order valence-electron chi connectivity index (χ2n) is 6.08. The van der Waals surface area contributed by atoms with Gasteiger partial charge in [0.1, 0.15) is 24.2 Å². The minimum Gasteiger partial charge on any atom is -0.390 e. The van der Waals surface area contributed by atoms with Crippen molar-refractivity contribution in [3.05, 3.63) is 16.8 Å². The van der Waals surface area contributed by atoms with E-state index in [4.69, 9.17) is 25.2 Å². The summed E-state index contributed by atoms with van der Waals surface area (Å²) in [4.78, 5) is 57.9. The van der Waals surface area contributed by atoms with Crippen molar-refractivity contribution in [3.8, 4) is 0 Å². The minimum atomic E-state index is -5.68. The number of nitrogens with one attached hydrogen (secondary N) is 1. The third-order valence-corrected chi connectivity index (χ3v) is 7.65. The SMILES string of the molecule is Nc1ncnc2c1[nH]c(=O)n2C1CC(O)C(COP(=O)(O)OP(=O)(O)OP(=O)(O)O)O1. The van der Waals surface area contributed by atoms with Crippen molar-refractivity contribution in [2.45, 2.75) is 24.9 Å². The van der Waals surface area contributed by atoms with E-state index in [1.54, 1.807) is 0 Å². The molecule has 0 amide bonds. The zero-order valence-corrected chi connectivity index (χ0v) is 17.7. The Morgan fingerprint density at radius 3 is 2.52 bits per heavy atom. The van der Waals surface area contributed by atoms with Gasteiger partial charge >= 0.3 is 29.2 Å². The van der Waals surface area contributed by atoms with Crippen molar-refractivity contribution in [2.24, 2.45) is 0 Å². The largest absolute Gasteiger partial charge is 0.490 e. The van der Waals surface area contributed by atoms with Crippen LogP contribution in [0.2, 0.25) is 0 Å². The van der Waals surface area contributed by atoms with Gasteiger partial charge in [0.05, 0.1) is 12.7 Å². The molecule has 8 N–H and O–H groups in total. The number of aliphatic hydroxyl groups is 1. The van der Waals surface area contributed by atoms with E-state index >= 15 is 0 Å². The standard InChI is InChI=1S/C10H16N5O13P3/c11-8-7-9(13-3-12-8)15(10(17)14-7)6-1-4(16)5(26-6)2-25-30(21,22)28-31(23,24)27-29(18,19)20/h3-6,16H,1-2H2,(H,14,17)(H,21,22)(H,23,24)(H2,11,12,13)(H2,18,19,20). The predicted octanol–water partition coefficient (Wildman–Crippen LogP) is -1.31. The maximum atomic E-state index is 12.2. The lowest BCUT2D eigenvalue weighted by molar-refractivity contribution is -0.0432. The third kappa shape index (κ3) is 5.84. The Labute approximate surface area is 171 Å². The van der Waals surface area contributed by atoms with E-state index in [1.807, 2.05) is 0 Å². The molecule has 3 rings (SSSR count). The Morgan fingerprint density at radius 2 is 1.87 bits per heavy atom. The number of aliphatic hydroxyl groups excluding tert-OH is 1. The molecule has 1 fully saturated rings. The number of hydrogen-bond donors (Lipinski definition) is 7. The van der Waals surface area contributed by atoms with Crippen LogP contribution in [-0.2, 0) is 31.6 Å².